The third-order valence-corrected chi connectivity index (χ3v) is 6.31. The summed E-state index contributed by atoms with van der Waals surface area (Å²) in [4.78, 5) is 2.89. The number of nitrogens with zero attached hydrogens (tertiary/aromatic N) is 1. The maximum absolute atomic E-state index is 3.86. The van der Waals surface area contributed by atoms with Crippen molar-refractivity contribution in [3.05, 3.63) is 29.8 Å². The van der Waals surface area contributed by atoms with Crippen molar-refractivity contribution >= 4 is 5.69 Å². The molecule has 1 N–H and O–H groups in total. The molecule has 2 fully saturated rings. The lowest BCUT2D eigenvalue weighted by molar-refractivity contribution is 0.117. The van der Waals surface area contributed by atoms with Gasteiger partial charge in [-0.3, -0.25) is 4.90 Å². The summed E-state index contributed by atoms with van der Waals surface area (Å²) < 4.78 is 0. The predicted octanol–water partition coefficient (Wildman–Crippen LogP) is 4.83. The van der Waals surface area contributed by atoms with Crippen LogP contribution < -0.4 is 5.32 Å². The van der Waals surface area contributed by atoms with E-state index in [9.17, 15) is 0 Å². The second-order valence-corrected chi connectivity index (χ2v) is 7.93. The molecule has 3 atom stereocenters. The summed E-state index contributed by atoms with van der Waals surface area (Å²) in [6, 6.07) is 11.2. The highest BCUT2D eigenvalue weighted by Gasteiger charge is 2.46. The van der Waals surface area contributed by atoms with Gasteiger partial charge in [0.1, 0.15) is 0 Å². The Kier molecular flexibility index (Phi) is 3.89. The number of likely N-dealkylation sites (tertiary alicyclic amines) is 1. The van der Waals surface area contributed by atoms with Gasteiger partial charge in [-0.2, -0.15) is 0 Å². The van der Waals surface area contributed by atoms with Gasteiger partial charge in [0.25, 0.3) is 0 Å². The number of para-hydroxylation sites is 1. The summed E-state index contributed by atoms with van der Waals surface area (Å²) in [5.74, 6) is 1.49. The maximum Gasteiger partial charge on any atom is 0.0419 e. The summed E-state index contributed by atoms with van der Waals surface area (Å²) in [5.41, 5.74) is 2.96. The van der Waals surface area contributed by atoms with E-state index in [1.54, 1.807) is 5.56 Å². The second kappa shape index (κ2) is 5.88. The quantitative estimate of drug-likeness (QED) is 0.841. The van der Waals surface area contributed by atoms with Gasteiger partial charge in [-0.15, -0.1) is 0 Å². The number of anilines is 1. The first kappa shape index (κ1) is 14.6. The lowest BCUT2D eigenvalue weighted by atomic mass is 9.78. The molecule has 0 bridgehead atoms. The normalized spacial score (nSPS) is 32.6. The first-order valence-electron chi connectivity index (χ1n) is 9.37. The minimum atomic E-state index is 0.633. The number of rotatable bonds is 2. The van der Waals surface area contributed by atoms with Crippen LogP contribution in [0.1, 0.15) is 64.0 Å². The first-order chi connectivity index (χ1) is 10.8. The number of fused-ring (bicyclic) bond motifs is 3. The molecule has 1 unspecified atom stereocenters. The molecule has 2 heteroatoms. The average Bonchev–Trinajstić information content (AvgIpc) is 3.00. The summed E-state index contributed by atoms with van der Waals surface area (Å²) in [5, 5.41) is 3.86. The molecule has 0 spiro atoms. The topological polar surface area (TPSA) is 15.3 Å². The summed E-state index contributed by atoms with van der Waals surface area (Å²) >= 11 is 0. The van der Waals surface area contributed by atoms with Crippen molar-refractivity contribution in [2.24, 2.45) is 11.8 Å². The Bertz CT molecular complexity index is 518. The minimum absolute atomic E-state index is 0.633. The number of benzene rings is 1. The van der Waals surface area contributed by atoms with E-state index in [1.165, 1.54) is 50.8 Å². The summed E-state index contributed by atoms with van der Waals surface area (Å²) in [7, 11) is 0. The van der Waals surface area contributed by atoms with Crippen LogP contribution in [0.25, 0.3) is 0 Å². The van der Waals surface area contributed by atoms with Crippen LogP contribution in [0.2, 0.25) is 0 Å². The molecular weight excluding hydrogens is 268 g/mol. The maximum atomic E-state index is 3.86. The van der Waals surface area contributed by atoms with Gasteiger partial charge in [0.15, 0.2) is 0 Å². The lowest BCUT2D eigenvalue weighted by Crippen LogP contribution is -2.45. The van der Waals surface area contributed by atoms with Crippen LogP contribution in [0.3, 0.4) is 0 Å². The molecule has 4 rings (SSSR count). The van der Waals surface area contributed by atoms with Crippen LogP contribution >= 0.6 is 0 Å². The molecule has 0 aromatic heterocycles. The van der Waals surface area contributed by atoms with E-state index in [-0.39, 0.29) is 0 Å². The average molecular weight is 298 g/mol. The third-order valence-electron chi connectivity index (χ3n) is 6.31. The highest BCUT2D eigenvalue weighted by molar-refractivity contribution is 5.56. The zero-order chi connectivity index (χ0) is 15.1. The zero-order valence-electron chi connectivity index (χ0n) is 14.1. The highest BCUT2D eigenvalue weighted by Crippen LogP contribution is 2.49. The first-order valence-corrected chi connectivity index (χ1v) is 9.37. The Balaban J connectivity index is 1.69. The molecule has 2 heterocycles. The van der Waals surface area contributed by atoms with Crippen molar-refractivity contribution in [1.29, 1.82) is 0 Å². The number of hydrogen-bond acceptors (Lipinski definition) is 2. The van der Waals surface area contributed by atoms with Crippen molar-refractivity contribution in [2.75, 3.05) is 11.9 Å². The molecule has 0 radical (unpaired) electrons. The van der Waals surface area contributed by atoms with Crippen LogP contribution in [0.4, 0.5) is 5.69 Å². The lowest BCUT2D eigenvalue weighted by Gasteiger charge is -2.44. The fourth-order valence-corrected chi connectivity index (χ4v) is 5.28. The summed E-state index contributed by atoms with van der Waals surface area (Å²) in [6.45, 7) is 6.07. The molecule has 1 saturated carbocycles. The number of nitrogens with one attached hydrogen (secondary N) is 1. The Morgan fingerprint density at radius 1 is 1.05 bits per heavy atom. The molecule has 0 amide bonds. The molecule has 2 nitrogen and oxygen atoms in total. The van der Waals surface area contributed by atoms with Gasteiger partial charge in [-0.1, -0.05) is 51.3 Å². The van der Waals surface area contributed by atoms with Crippen LogP contribution in [0.15, 0.2) is 24.3 Å². The highest BCUT2D eigenvalue weighted by atomic mass is 15.2. The molecule has 1 saturated heterocycles. The van der Waals surface area contributed by atoms with Crippen molar-refractivity contribution in [2.45, 2.75) is 70.5 Å². The molecule has 120 valence electrons. The standard InChI is InChI=1S/C20H30N2/c1-14(2)19-17-12-13-22(15-8-4-3-5-9-15)20(17)16-10-6-7-11-18(16)21-19/h6-7,10-11,14-15,17,19-21H,3-5,8-9,12-13H2,1-2H3/t17-,19+,20?/m0/s1. The van der Waals surface area contributed by atoms with Crippen LogP contribution in [0.5, 0.6) is 0 Å². The van der Waals surface area contributed by atoms with Gasteiger partial charge in [-0.05, 0) is 43.4 Å². The van der Waals surface area contributed by atoms with Crippen molar-refractivity contribution in [3.8, 4) is 0 Å². The fraction of sp³-hybridized carbons (Fsp3) is 0.700. The predicted molar refractivity (Wildman–Crippen MR) is 93.1 cm³/mol. The van der Waals surface area contributed by atoms with Crippen molar-refractivity contribution < 1.29 is 0 Å². The Morgan fingerprint density at radius 2 is 1.82 bits per heavy atom. The monoisotopic (exact) mass is 298 g/mol. The van der Waals surface area contributed by atoms with Gasteiger partial charge in [-0.25, -0.2) is 0 Å². The molecule has 2 aliphatic heterocycles. The van der Waals surface area contributed by atoms with E-state index in [0.717, 1.165) is 12.0 Å². The third kappa shape index (κ3) is 2.36. The molecule has 1 aromatic carbocycles. The van der Waals surface area contributed by atoms with E-state index in [2.05, 4.69) is 48.3 Å². The van der Waals surface area contributed by atoms with Crippen LogP contribution in [0, 0.1) is 11.8 Å². The molecular formula is C20H30N2. The minimum Gasteiger partial charge on any atom is -0.381 e. The second-order valence-electron chi connectivity index (χ2n) is 7.93. The summed E-state index contributed by atoms with van der Waals surface area (Å²) in [6.07, 6.45) is 8.53. The van der Waals surface area contributed by atoms with E-state index >= 15 is 0 Å². The molecule has 1 aromatic rings. The Hall–Kier alpha value is -1.02. The van der Waals surface area contributed by atoms with Crippen molar-refractivity contribution in [1.82, 2.24) is 4.90 Å². The Labute approximate surface area is 135 Å². The smallest absolute Gasteiger partial charge is 0.0419 e. The van der Waals surface area contributed by atoms with Crippen LogP contribution in [-0.2, 0) is 0 Å². The van der Waals surface area contributed by atoms with Gasteiger partial charge in [0, 0.05) is 29.7 Å². The Morgan fingerprint density at radius 3 is 2.59 bits per heavy atom. The number of hydrogen-bond donors (Lipinski definition) is 1. The van der Waals surface area contributed by atoms with E-state index in [4.69, 9.17) is 0 Å². The van der Waals surface area contributed by atoms with E-state index in [0.29, 0.717) is 18.0 Å². The molecule has 3 aliphatic rings. The van der Waals surface area contributed by atoms with E-state index < -0.39 is 0 Å². The molecule has 22 heavy (non-hydrogen) atoms. The van der Waals surface area contributed by atoms with E-state index in [1.807, 2.05) is 0 Å². The van der Waals surface area contributed by atoms with Gasteiger partial charge < -0.3 is 5.32 Å². The molecule has 1 aliphatic carbocycles. The van der Waals surface area contributed by atoms with Crippen LogP contribution in [-0.4, -0.2) is 23.5 Å². The van der Waals surface area contributed by atoms with Gasteiger partial charge in [0.05, 0.1) is 0 Å². The largest absolute Gasteiger partial charge is 0.381 e. The fourth-order valence-electron chi connectivity index (χ4n) is 5.28. The SMILES string of the molecule is CC(C)[C@H]1Nc2ccccc2C2[C@H]1CCN2C1CCCCC1. The van der Waals surface area contributed by atoms with Gasteiger partial charge >= 0.3 is 0 Å². The van der Waals surface area contributed by atoms with Gasteiger partial charge in [0.2, 0.25) is 0 Å². The van der Waals surface area contributed by atoms with Crippen molar-refractivity contribution in [3.63, 3.8) is 0 Å². The zero-order valence-corrected chi connectivity index (χ0v) is 14.1.